The van der Waals surface area contributed by atoms with E-state index in [1.54, 1.807) is 48.5 Å². The van der Waals surface area contributed by atoms with Crippen LogP contribution in [-0.4, -0.2) is 48.8 Å². The van der Waals surface area contributed by atoms with Crippen LogP contribution in [0.15, 0.2) is 89.8 Å². The number of halogens is 2. The van der Waals surface area contributed by atoms with E-state index in [2.05, 4.69) is 5.32 Å². The van der Waals surface area contributed by atoms with Crippen LogP contribution in [0.25, 0.3) is 21.9 Å². The molecule has 1 saturated heterocycles. The maximum atomic E-state index is 13.4. The van der Waals surface area contributed by atoms with E-state index in [9.17, 15) is 23.1 Å². The molecular formula is C31H28Cl2N2O5S. The Morgan fingerprint density at radius 2 is 1.68 bits per heavy atom. The van der Waals surface area contributed by atoms with Gasteiger partial charge in [-0.2, -0.15) is 4.31 Å². The van der Waals surface area contributed by atoms with Gasteiger partial charge in [0.05, 0.1) is 10.8 Å². The van der Waals surface area contributed by atoms with Crippen LogP contribution in [0, 0.1) is 5.92 Å². The van der Waals surface area contributed by atoms with Crippen LogP contribution in [0.1, 0.15) is 18.4 Å². The van der Waals surface area contributed by atoms with Crippen molar-refractivity contribution < 1.29 is 23.1 Å². The Morgan fingerprint density at radius 3 is 2.41 bits per heavy atom. The number of nitrogens with zero attached hydrogens (tertiary/aromatic N) is 1. The smallest absolute Gasteiger partial charge is 0.326 e. The number of sulfonamides is 1. The molecule has 4 aromatic carbocycles. The second-order valence-electron chi connectivity index (χ2n) is 10.1. The second kappa shape index (κ2) is 12.2. The van der Waals surface area contributed by atoms with E-state index in [4.69, 9.17) is 23.2 Å². The van der Waals surface area contributed by atoms with Crippen LogP contribution in [-0.2, 0) is 26.0 Å². The Balaban J connectivity index is 1.26. The van der Waals surface area contributed by atoms with E-state index >= 15 is 0 Å². The second-order valence-corrected chi connectivity index (χ2v) is 12.9. The van der Waals surface area contributed by atoms with E-state index < -0.39 is 33.9 Å². The summed E-state index contributed by atoms with van der Waals surface area (Å²) < 4.78 is 28.2. The topological polar surface area (TPSA) is 104 Å². The fourth-order valence-corrected chi connectivity index (χ4v) is 7.07. The minimum absolute atomic E-state index is 0.0115. The summed E-state index contributed by atoms with van der Waals surface area (Å²) in [5.74, 6) is -2.30. The highest BCUT2D eigenvalue weighted by Gasteiger charge is 2.35. The monoisotopic (exact) mass is 610 g/mol. The molecule has 1 amide bonds. The molecule has 4 aromatic rings. The molecule has 2 atom stereocenters. The number of benzene rings is 4. The Labute approximate surface area is 248 Å². The number of fused-ring (bicyclic) bond motifs is 1. The standard InChI is InChI=1S/C31H28Cl2N2O5S/c32-25-12-14-28(33)27(18-25)22-9-7-20(8-10-22)16-29(31(37)38)34-30(36)24-6-3-15-35(19-24)41(39,40)26-13-11-21-4-1-2-5-23(21)17-26/h1-2,4-5,7-14,17-18,24,29H,3,6,15-16,19H2,(H,34,36)(H,37,38)/t24?,29-/m0/s1. The van der Waals surface area contributed by atoms with Gasteiger partial charge in [-0.15, -0.1) is 0 Å². The van der Waals surface area contributed by atoms with Crippen molar-refractivity contribution in [2.24, 2.45) is 5.92 Å². The summed E-state index contributed by atoms with van der Waals surface area (Å²) >= 11 is 12.4. The third-order valence-corrected chi connectivity index (χ3v) is 9.79. The number of piperidine rings is 1. The van der Waals surface area contributed by atoms with Gasteiger partial charge in [-0.05, 0) is 65.1 Å². The molecule has 0 spiro atoms. The fourth-order valence-electron chi connectivity index (χ4n) is 5.12. The first-order chi connectivity index (χ1) is 19.6. The quantitative estimate of drug-likeness (QED) is 0.254. The molecule has 1 fully saturated rings. The average Bonchev–Trinajstić information content (AvgIpc) is 2.98. The van der Waals surface area contributed by atoms with Crippen molar-refractivity contribution in [3.8, 4) is 11.1 Å². The number of amides is 1. The van der Waals surface area contributed by atoms with Crippen molar-refractivity contribution in [3.05, 3.63) is 101 Å². The Bertz CT molecular complexity index is 1710. The van der Waals surface area contributed by atoms with Crippen LogP contribution < -0.4 is 5.32 Å². The third kappa shape index (κ3) is 6.57. The number of carbonyl (C=O) groups is 2. The van der Waals surface area contributed by atoms with Crippen molar-refractivity contribution in [2.45, 2.75) is 30.2 Å². The Hall–Kier alpha value is -3.43. The van der Waals surface area contributed by atoms with Gasteiger partial charge in [0.2, 0.25) is 15.9 Å². The zero-order valence-electron chi connectivity index (χ0n) is 22.0. The SMILES string of the molecule is O=C(N[C@@H](Cc1ccc(-c2cc(Cl)ccc2Cl)cc1)C(=O)O)C1CCCN(S(=O)(=O)c2ccc3ccccc3c2)C1. The molecule has 2 N–H and O–H groups in total. The molecule has 41 heavy (non-hydrogen) atoms. The van der Waals surface area contributed by atoms with Crippen molar-refractivity contribution in [3.63, 3.8) is 0 Å². The van der Waals surface area contributed by atoms with Gasteiger partial charge in [-0.3, -0.25) is 4.79 Å². The lowest BCUT2D eigenvalue weighted by Gasteiger charge is -2.32. The maximum Gasteiger partial charge on any atom is 0.326 e. The van der Waals surface area contributed by atoms with Gasteiger partial charge in [0.25, 0.3) is 0 Å². The molecule has 5 rings (SSSR count). The highest BCUT2D eigenvalue weighted by Crippen LogP contribution is 2.31. The van der Waals surface area contributed by atoms with Gasteiger partial charge in [-0.25, -0.2) is 13.2 Å². The molecule has 10 heteroatoms. The summed E-state index contributed by atoms with van der Waals surface area (Å²) in [5.41, 5.74) is 2.30. The Morgan fingerprint density at radius 1 is 0.951 bits per heavy atom. The van der Waals surface area contributed by atoms with Crippen molar-refractivity contribution in [1.29, 1.82) is 0 Å². The van der Waals surface area contributed by atoms with Crippen LogP contribution >= 0.6 is 23.2 Å². The summed E-state index contributed by atoms with van der Waals surface area (Å²) in [6, 6.07) is 23.7. The van der Waals surface area contributed by atoms with E-state index in [1.165, 1.54) is 4.31 Å². The fraction of sp³-hybridized carbons (Fsp3) is 0.226. The molecule has 1 aliphatic heterocycles. The first-order valence-electron chi connectivity index (χ1n) is 13.2. The maximum absolute atomic E-state index is 13.4. The molecule has 7 nitrogen and oxygen atoms in total. The predicted molar refractivity (Wildman–Crippen MR) is 161 cm³/mol. The molecule has 1 unspecified atom stereocenters. The molecule has 0 radical (unpaired) electrons. The summed E-state index contributed by atoms with van der Waals surface area (Å²) in [6.45, 7) is 0.284. The predicted octanol–water partition coefficient (Wildman–Crippen LogP) is 6.03. The van der Waals surface area contributed by atoms with Crippen LogP contribution in [0.4, 0.5) is 0 Å². The lowest BCUT2D eigenvalue weighted by Crippen LogP contribution is -2.50. The van der Waals surface area contributed by atoms with Gasteiger partial charge >= 0.3 is 5.97 Å². The summed E-state index contributed by atoms with van der Waals surface area (Å²) in [6.07, 6.45) is 1.03. The lowest BCUT2D eigenvalue weighted by atomic mass is 9.97. The van der Waals surface area contributed by atoms with Crippen molar-refractivity contribution >= 4 is 55.9 Å². The lowest BCUT2D eigenvalue weighted by molar-refractivity contribution is -0.142. The number of rotatable bonds is 8. The number of carbonyl (C=O) groups excluding carboxylic acids is 1. The molecule has 212 valence electrons. The molecule has 1 heterocycles. The number of nitrogens with one attached hydrogen (secondary N) is 1. The van der Waals surface area contributed by atoms with Gasteiger partial charge in [0.15, 0.2) is 0 Å². The molecular weight excluding hydrogens is 583 g/mol. The van der Waals surface area contributed by atoms with Crippen molar-refractivity contribution in [2.75, 3.05) is 13.1 Å². The summed E-state index contributed by atoms with van der Waals surface area (Å²) in [7, 11) is -3.83. The van der Waals surface area contributed by atoms with Gasteiger partial charge < -0.3 is 10.4 Å². The minimum atomic E-state index is -3.83. The summed E-state index contributed by atoms with van der Waals surface area (Å²) in [4.78, 5) is 25.4. The van der Waals surface area contributed by atoms with Crippen LogP contribution in [0.3, 0.4) is 0 Å². The number of carboxylic acid groups (broad SMARTS) is 1. The van der Waals surface area contributed by atoms with E-state index in [1.807, 2.05) is 36.4 Å². The highest BCUT2D eigenvalue weighted by molar-refractivity contribution is 7.89. The average molecular weight is 612 g/mol. The zero-order chi connectivity index (χ0) is 29.1. The largest absolute Gasteiger partial charge is 0.480 e. The van der Waals surface area contributed by atoms with E-state index in [0.717, 1.165) is 21.9 Å². The van der Waals surface area contributed by atoms with Crippen LogP contribution in [0.5, 0.6) is 0 Å². The normalized spacial score (nSPS) is 16.8. The number of carboxylic acids is 1. The molecule has 0 bridgehead atoms. The number of aliphatic carboxylic acids is 1. The van der Waals surface area contributed by atoms with Crippen molar-refractivity contribution in [1.82, 2.24) is 9.62 Å². The number of hydrogen-bond acceptors (Lipinski definition) is 4. The Kier molecular flexibility index (Phi) is 8.66. The number of hydrogen-bond donors (Lipinski definition) is 2. The van der Waals surface area contributed by atoms with E-state index in [0.29, 0.717) is 35.0 Å². The minimum Gasteiger partial charge on any atom is -0.480 e. The molecule has 0 saturated carbocycles. The molecule has 0 aliphatic carbocycles. The van der Waals surface area contributed by atoms with E-state index in [-0.39, 0.29) is 17.9 Å². The highest BCUT2D eigenvalue weighted by atomic mass is 35.5. The van der Waals surface area contributed by atoms with Crippen LogP contribution in [0.2, 0.25) is 10.0 Å². The molecule has 0 aromatic heterocycles. The third-order valence-electron chi connectivity index (χ3n) is 7.36. The van der Waals surface area contributed by atoms with Gasteiger partial charge in [-0.1, -0.05) is 77.8 Å². The summed E-state index contributed by atoms with van der Waals surface area (Å²) in [5, 5.41) is 15.3. The first kappa shape index (κ1) is 29.1. The zero-order valence-corrected chi connectivity index (χ0v) is 24.3. The molecule has 1 aliphatic rings. The first-order valence-corrected chi connectivity index (χ1v) is 15.4. The van der Waals surface area contributed by atoms with Gasteiger partial charge in [0.1, 0.15) is 6.04 Å². The van der Waals surface area contributed by atoms with Gasteiger partial charge in [0, 0.05) is 35.1 Å².